The van der Waals surface area contributed by atoms with Crippen molar-refractivity contribution in [2.45, 2.75) is 83.5 Å². The summed E-state index contributed by atoms with van der Waals surface area (Å²) in [5.41, 5.74) is 16.4. The first-order chi connectivity index (χ1) is 30.0. The van der Waals surface area contributed by atoms with Crippen molar-refractivity contribution in [3.8, 4) is 23.3 Å². The summed E-state index contributed by atoms with van der Waals surface area (Å²) in [6.45, 7) is 4.61. The molecule has 0 amide bonds. The molecule has 0 spiro atoms. The molecule has 0 N–H and O–H groups in total. The van der Waals surface area contributed by atoms with Gasteiger partial charge in [-0.3, -0.25) is 0 Å². The van der Waals surface area contributed by atoms with E-state index in [0.717, 1.165) is 22.3 Å². The maximum absolute atomic E-state index is 9.09. The molecule has 0 saturated carbocycles. The van der Waals surface area contributed by atoms with Crippen LogP contribution >= 0.6 is 0 Å². The van der Waals surface area contributed by atoms with Crippen LogP contribution in [0.2, 0.25) is 0 Å². The maximum Gasteiger partial charge on any atom is 0.0991 e. The third-order valence-corrected chi connectivity index (χ3v) is 12.1. The lowest BCUT2D eigenvalue weighted by atomic mass is 9.70. The molecule has 302 valence electrons. The highest BCUT2D eigenvalue weighted by Crippen LogP contribution is 2.55. The van der Waals surface area contributed by atoms with Gasteiger partial charge in [-0.1, -0.05) is 223 Å². The quantitative estimate of drug-likeness (QED) is 0.0643. The Balaban J connectivity index is 1.13. The molecule has 0 saturated heterocycles. The fourth-order valence-corrected chi connectivity index (χ4v) is 8.65. The monoisotopic (exact) mass is 792 g/mol. The summed E-state index contributed by atoms with van der Waals surface area (Å²) < 4.78 is 0. The zero-order chi connectivity index (χ0) is 42.3. The van der Waals surface area contributed by atoms with Crippen LogP contribution in [0.3, 0.4) is 0 Å². The molecule has 7 rings (SSSR count). The summed E-state index contributed by atoms with van der Waals surface area (Å²) in [6, 6.07) is 51.5. The van der Waals surface area contributed by atoms with E-state index in [4.69, 9.17) is 10.5 Å². The average Bonchev–Trinajstić information content (AvgIpc) is 3.57. The first-order valence-electron chi connectivity index (χ1n) is 22.2. The number of rotatable bonds is 18. The van der Waals surface area contributed by atoms with Gasteiger partial charge in [-0.2, -0.15) is 10.5 Å². The second-order valence-corrected chi connectivity index (χ2v) is 16.4. The number of nitriles is 2. The first-order valence-corrected chi connectivity index (χ1v) is 22.2. The third kappa shape index (κ3) is 10.9. The molecule has 61 heavy (non-hydrogen) atoms. The molecule has 1 aliphatic carbocycles. The van der Waals surface area contributed by atoms with Gasteiger partial charge in [0.1, 0.15) is 0 Å². The van der Waals surface area contributed by atoms with Crippen LogP contribution in [0.1, 0.15) is 145 Å². The van der Waals surface area contributed by atoms with E-state index in [1.165, 1.54) is 109 Å². The van der Waals surface area contributed by atoms with Crippen molar-refractivity contribution < 1.29 is 0 Å². The summed E-state index contributed by atoms with van der Waals surface area (Å²) in [7, 11) is 0. The molecule has 2 heteroatoms. The van der Waals surface area contributed by atoms with Crippen LogP contribution in [0, 0.1) is 22.7 Å². The molecule has 6 aromatic rings. The van der Waals surface area contributed by atoms with Crippen molar-refractivity contribution in [1.82, 2.24) is 0 Å². The van der Waals surface area contributed by atoms with E-state index in [2.05, 4.69) is 160 Å². The second-order valence-electron chi connectivity index (χ2n) is 16.4. The van der Waals surface area contributed by atoms with Crippen LogP contribution in [-0.4, -0.2) is 0 Å². The minimum Gasteiger partial charge on any atom is -0.192 e. The number of hydrogen-bond acceptors (Lipinski definition) is 2. The van der Waals surface area contributed by atoms with E-state index in [1.807, 2.05) is 48.5 Å². The van der Waals surface area contributed by atoms with Gasteiger partial charge in [-0.15, -0.1) is 0 Å². The van der Waals surface area contributed by atoms with Crippen molar-refractivity contribution in [2.75, 3.05) is 0 Å². The molecule has 0 bridgehead atoms. The van der Waals surface area contributed by atoms with Gasteiger partial charge in [0, 0.05) is 5.41 Å². The van der Waals surface area contributed by atoms with Gasteiger partial charge in [-0.05, 0) is 104 Å². The molecule has 1 aliphatic rings. The molecule has 0 heterocycles. The number of unbranched alkanes of at least 4 members (excludes halogenated alkanes) is 6. The first kappa shape index (κ1) is 42.4. The predicted molar refractivity (Wildman–Crippen MR) is 261 cm³/mol. The Morgan fingerprint density at radius 1 is 0.361 bits per heavy atom. The van der Waals surface area contributed by atoms with E-state index in [0.29, 0.717) is 11.1 Å². The van der Waals surface area contributed by atoms with Gasteiger partial charge in [0.15, 0.2) is 0 Å². The lowest BCUT2D eigenvalue weighted by Crippen LogP contribution is -2.25. The van der Waals surface area contributed by atoms with Gasteiger partial charge in [0.05, 0.1) is 23.3 Å². The average molecular weight is 793 g/mol. The van der Waals surface area contributed by atoms with Crippen LogP contribution in [0.15, 0.2) is 133 Å². The summed E-state index contributed by atoms with van der Waals surface area (Å²) in [5, 5.41) is 18.2. The Kier molecular flexibility index (Phi) is 14.6. The fraction of sp³-hybridized carbons (Fsp3) is 0.220. The molecule has 0 fully saturated rings. The predicted octanol–water partition coefficient (Wildman–Crippen LogP) is 16.3. The molecule has 6 aromatic carbocycles. The Bertz CT molecular complexity index is 2400. The summed E-state index contributed by atoms with van der Waals surface area (Å²) in [5.74, 6) is 0. The molecule has 0 radical (unpaired) electrons. The Labute approximate surface area is 364 Å². The van der Waals surface area contributed by atoms with Gasteiger partial charge in [0.2, 0.25) is 0 Å². The Morgan fingerprint density at radius 3 is 0.934 bits per heavy atom. The van der Waals surface area contributed by atoms with E-state index in [9.17, 15) is 0 Å². The molecule has 0 aromatic heterocycles. The van der Waals surface area contributed by atoms with Crippen molar-refractivity contribution >= 4 is 48.6 Å². The number of benzene rings is 6. The molecular formula is C59H56N2. The van der Waals surface area contributed by atoms with Crippen molar-refractivity contribution in [3.05, 3.63) is 200 Å². The largest absolute Gasteiger partial charge is 0.192 e. The number of hydrogen-bond donors (Lipinski definition) is 0. The van der Waals surface area contributed by atoms with Gasteiger partial charge >= 0.3 is 0 Å². The van der Waals surface area contributed by atoms with Gasteiger partial charge < -0.3 is 0 Å². The maximum atomic E-state index is 9.09. The van der Waals surface area contributed by atoms with E-state index in [-0.39, 0.29) is 5.41 Å². The second kappa shape index (κ2) is 21.0. The third-order valence-electron chi connectivity index (χ3n) is 12.1. The molecule has 0 atom stereocenters. The Morgan fingerprint density at radius 2 is 0.639 bits per heavy atom. The highest BCUT2D eigenvalue weighted by Gasteiger charge is 2.42. The molecule has 2 nitrogen and oxygen atoms in total. The highest BCUT2D eigenvalue weighted by molar-refractivity contribution is 5.85. The minimum atomic E-state index is -0.00826. The van der Waals surface area contributed by atoms with Crippen molar-refractivity contribution in [1.29, 1.82) is 10.5 Å². The van der Waals surface area contributed by atoms with E-state index < -0.39 is 0 Å². The SMILES string of the molecule is CCCCCCC1(CCCCCC)c2cc(/C=C/c3ccc(/C=C/c4ccc(C#N)cc4)cc3)ccc2-c2ccc(/C=C/c3ccc(/C=C/c4ccc(C#N)cc4)cc3)cc21. The van der Waals surface area contributed by atoms with Crippen LogP contribution in [0.4, 0.5) is 0 Å². The standard InChI is InChI=1S/C59H56N2/c1-3-5-7-9-39-59(40-10-8-6-4-2)57-41-51(29-23-47-17-11-45(12-18-47)15-21-49-25-31-53(43-60)32-26-49)35-37-55(57)56-38-36-52(42-58(56)59)30-24-48-19-13-46(14-20-48)16-22-50-27-33-54(44-61)34-28-50/h11-38,41-42H,3-10,39-40H2,1-2H3/b21-15+,22-16+,29-23+,30-24+. The molecular weight excluding hydrogens is 737 g/mol. The van der Waals surface area contributed by atoms with Gasteiger partial charge in [0.25, 0.3) is 0 Å². The van der Waals surface area contributed by atoms with Crippen LogP contribution < -0.4 is 0 Å². The van der Waals surface area contributed by atoms with Crippen molar-refractivity contribution in [3.63, 3.8) is 0 Å². The summed E-state index contributed by atoms with van der Waals surface area (Å²) in [4.78, 5) is 0. The normalized spacial score (nSPS) is 12.9. The topological polar surface area (TPSA) is 47.6 Å². The lowest BCUT2D eigenvalue weighted by molar-refractivity contribution is 0.401. The summed E-state index contributed by atoms with van der Waals surface area (Å²) in [6.07, 6.45) is 29.9. The summed E-state index contributed by atoms with van der Waals surface area (Å²) >= 11 is 0. The van der Waals surface area contributed by atoms with Crippen LogP contribution in [-0.2, 0) is 5.41 Å². The fourth-order valence-electron chi connectivity index (χ4n) is 8.65. The molecule has 0 aliphatic heterocycles. The van der Waals surface area contributed by atoms with Crippen LogP contribution in [0.25, 0.3) is 59.7 Å². The smallest absolute Gasteiger partial charge is 0.0991 e. The van der Waals surface area contributed by atoms with Crippen molar-refractivity contribution in [2.24, 2.45) is 0 Å². The van der Waals surface area contributed by atoms with E-state index in [1.54, 1.807) is 0 Å². The van der Waals surface area contributed by atoms with Crippen LogP contribution in [0.5, 0.6) is 0 Å². The zero-order valence-electron chi connectivity index (χ0n) is 35.8. The highest BCUT2D eigenvalue weighted by atomic mass is 14.4. The number of fused-ring (bicyclic) bond motifs is 3. The zero-order valence-corrected chi connectivity index (χ0v) is 35.8. The number of nitrogens with zero attached hydrogens (tertiary/aromatic N) is 2. The van der Waals surface area contributed by atoms with Gasteiger partial charge in [-0.25, -0.2) is 0 Å². The minimum absolute atomic E-state index is 0.00826. The Hall–Kier alpha value is -6.74. The van der Waals surface area contributed by atoms with E-state index >= 15 is 0 Å². The lowest BCUT2D eigenvalue weighted by Gasteiger charge is -2.33. The molecule has 0 unspecified atom stereocenters.